The number of carbonyl (C=O) groups is 1. The predicted octanol–water partition coefficient (Wildman–Crippen LogP) is 3.54. The smallest absolute Gasteiger partial charge is 0.408 e. The second-order valence-corrected chi connectivity index (χ2v) is 8.79. The number of alkyl carbamates (subject to hydrolysis) is 1. The number of thiazole rings is 1. The zero-order valence-electron chi connectivity index (χ0n) is 18.0. The normalized spacial score (nSPS) is 12.7. The molecule has 7 nitrogen and oxygen atoms in total. The average molecular weight is 398 g/mol. The minimum Gasteiger partial charge on any atom is -0.444 e. The van der Waals surface area contributed by atoms with E-state index >= 15 is 0 Å². The van der Waals surface area contributed by atoms with Gasteiger partial charge in [-0.05, 0) is 40.5 Å². The van der Waals surface area contributed by atoms with Crippen molar-refractivity contribution in [3.8, 4) is 0 Å². The number of guanidine groups is 1. The minimum atomic E-state index is -0.521. The first-order valence-corrected chi connectivity index (χ1v) is 10.3. The summed E-state index contributed by atoms with van der Waals surface area (Å²) in [5.74, 6) is 0.762. The third kappa shape index (κ3) is 7.74. The summed E-state index contributed by atoms with van der Waals surface area (Å²) in [4.78, 5) is 23.2. The summed E-state index contributed by atoms with van der Waals surface area (Å²) in [6.45, 7) is 13.0. The molecule has 0 radical (unpaired) electrons. The number of hydrogen-bond acceptors (Lipinski definition) is 5. The summed E-state index contributed by atoms with van der Waals surface area (Å²) < 4.78 is 5.43. The Morgan fingerprint density at radius 2 is 1.96 bits per heavy atom. The lowest BCUT2D eigenvalue weighted by Crippen LogP contribution is -2.57. The van der Waals surface area contributed by atoms with Crippen LogP contribution in [-0.2, 0) is 11.3 Å². The van der Waals surface area contributed by atoms with Crippen LogP contribution in [0.5, 0.6) is 0 Å². The van der Waals surface area contributed by atoms with E-state index in [1.54, 1.807) is 18.4 Å². The molecule has 0 aliphatic rings. The SMILES string of the molecule is CCC(CC)(CNC(=NC)N(C)Cc1csc(C)n1)NC(=O)OC(C)(C)C. The van der Waals surface area contributed by atoms with E-state index in [2.05, 4.69) is 39.8 Å². The molecular formula is C19H35N5O2S. The zero-order chi connectivity index (χ0) is 20.7. The van der Waals surface area contributed by atoms with Crippen LogP contribution in [0.3, 0.4) is 0 Å². The maximum absolute atomic E-state index is 12.3. The Kier molecular flexibility index (Phi) is 8.53. The molecule has 0 saturated carbocycles. The highest BCUT2D eigenvalue weighted by Crippen LogP contribution is 2.17. The summed E-state index contributed by atoms with van der Waals surface area (Å²) in [5.41, 5.74) is 0.0928. The van der Waals surface area contributed by atoms with Gasteiger partial charge < -0.3 is 20.3 Å². The molecule has 0 spiro atoms. The highest BCUT2D eigenvalue weighted by Gasteiger charge is 2.31. The maximum atomic E-state index is 12.3. The van der Waals surface area contributed by atoms with Gasteiger partial charge in [0, 0.05) is 26.0 Å². The van der Waals surface area contributed by atoms with E-state index in [1.807, 2.05) is 39.6 Å². The number of aliphatic imine (C=N–C) groups is 1. The predicted molar refractivity (Wildman–Crippen MR) is 112 cm³/mol. The van der Waals surface area contributed by atoms with E-state index in [0.717, 1.165) is 29.5 Å². The summed E-state index contributed by atoms with van der Waals surface area (Å²) in [6, 6.07) is 0. The molecule has 2 N–H and O–H groups in total. The molecule has 27 heavy (non-hydrogen) atoms. The van der Waals surface area contributed by atoms with E-state index in [1.165, 1.54) is 0 Å². The van der Waals surface area contributed by atoms with Gasteiger partial charge in [-0.1, -0.05) is 13.8 Å². The van der Waals surface area contributed by atoms with Crippen LogP contribution in [-0.4, -0.2) is 53.7 Å². The number of amides is 1. The van der Waals surface area contributed by atoms with Crippen LogP contribution in [0.1, 0.15) is 58.2 Å². The molecule has 154 valence electrons. The van der Waals surface area contributed by atoms with E-state index < -0.39 is 17.2 Å². The Balaban J connectivity index is 2.73. The Morgan fingerprint density at radius 3 is 2.41 bits per heavy atom. The fraction of sp³-hybridized carbons (Fsp3) is 0.737. The highest BCUT2D eigenvalue weighted by atomic mass is 32.1. The first-order chi connectivity index (χ1) is 12.5. The van der Waals surface area contributed by atoms with Crippen LogP contribution in [0.4, 0.5) is 4.79 Å². The second kappa shape index (κ2) is 9.92. The van der Waals surface area contributed by atoms with Gasteiger partial charge in [0.05, 0.1) is 22.8 Å². The average Bonchev–Trinajstić information content (AvgIpc) is 2.97. The van der Waals surface area contributed by atoms with Gasteiger partial charge in [-0.3, -0.25) is 4.99 Å². The topological polar surface area (TPSA) is 78.9 Å². The Morgan fingerprint density at radius 1 is 1.33 bits per heavy atom. The summed E-state index contributed by atoms with van der Waals surface area (Å²) in [7, 11) is 3.73. The Labute approximate surface area is 167 Å². The molecule has 0 bridgehead atoms. The molecule has 0 aliphatic carbocycles. The lowest BCUT2D eigenvalue weighted by Gasteiger charge is -2.35. The molecule has 0 saturated heterocycles. The van der Waals surface area contributed by atoms with E-state index in [-0.39, 0.29) is 0 Å². The molecule has 1 rings (SSSR count). The monoisotopic (exact) mass is 397 g/mol. The number of aryl methyl sites for hydroxylation is 1. The highest BCUT2D eigenvalue weighted by molar-refractivity contribution is 7.09. The fourth-order valence-electron chi connectivity index (χ4n) is 2.67. The van der Waals surface area contributed by atoms with Crippen molar-refractivity contribution in [2.75, 3.05) is 20.6 Å². The first-order valence-electron chi connectivity index (χ1n) is 9.38. The standard InChI is InChI=1S/C19H35N5O2S/c1-9-19(10-2,23-17(25)26-18(4,5)6)13-21-16(20-7)24(8)11-15-12-27-14(3)22-15/h12H,9-11,13H2,1-8H3,(H,20,21)(H,23,25). The number of hydrogen-bond donors (Lipinski definition) is 2. The van der Waals surface area contributed by atoms with Gasteiger partial charge in [0.1, 0.15) is 5.60 Å². The van der Waals surface area contributed by atoms with Crippen molar-refractivity contribution >= 4 is 23.4 Å². The lowest BCUT2D eigenvalue weighted by atomic mass is 9.93. The Hall–Kier alpha value is -1.83. The van der Waals surface area contributed by atoms with Gasteiger partial charge in [-0.25, -0.2) is 9.78 Å². The van der Waals surface area contributed by atoms with Gasteiger partial charge >= 0.3 is 6.09 Å². The molecule has 1 heterocycles. The molecule has 0 aliphatic heterocycles. The van der Waals surface area contributed by atoms with Gasteiger partial charge in [0.15, 0.2) is 5.96 Å². The van der Waals surface area contributed by atoms with Gasteiger partial charge in [-0.2, -0.15) is 0 Å². The number of nitrogens with zero attached hydrogens (tertiary/aromatic N) is 3. The van der Waals surface area contributed by atoms with Crippen molar-refractivity contribution in [1.82, 2.24) is 20.5 Å². The number of rotatable bonds is 7. The number of carbonyl (C=O) groups excluding carboxylic acids is 1. The van der Waals surface area contributed by atoms with Gasteiger partial charge in [0.2, 0.25) is 0 Å². The Bertz CT molecular complexity index is 632. The maximum Gasteiger partial charge on any atom is 0.408 e. The van der Waals surface area contributed by atoms with Crippen LogP contribution in [0.15, 0.2) is 10.4 Å². The van der Waals surface area contributed by atoms with E-state index in [4.69, 9.17) is 4.74 Å². The molecule has 0 unspecified atom stereocenters. The van der Waals surface area contributed by atoms with Crippen molar-refractivity contribution in [2.45, 2.75) is 72.1 Å². The van der Waals surface area contributed by atoms with Gasteiger partial charge in [-0.15, -0.1) is 11.3 Å². The summed E-state index contributed by atoms with van der Waals surface area (Å²) >= 11 is 1.64. The fourth-order valence-corrected chi connectivity index (χ4v) is 3.28. The molecule has 8 heteroatoms. The van der Waals surface area contributed by atoms with Crippen LogP contribution < -0.4 is 10.6 Å². The van der Waals surface area contributed by atoms with Crippen LogP contribution in [0, 0.1) is 6.92 Å². The number of nitrogens with one attached hydrogen (secondary N) is 2. The molecule has 1 aromatic rings. The largest absolute Gasteiger partial charge is 0.444 e. The van der Waals surface area contributed by atoms with Crippen molar-refractivity contribution in [2.24, 2.45) is 4.99 Å². The van der Waals surface area contributed by atoms with E-state index in [0.29, 0.717) is 13.1 Å². The molecular weight excluding hydrogens is 362 g/mol. The van der Waals surface area contributed by atoms with Gasteiger partial charge in [0.25, 0.3) is 0 Å². The van der Waals surface area contributed by atoms with E-state index in [9.17, 15) is 4.79 Å². The van der Waals surface area contributed by atoms with Crippen molar-refractivity contribution in [1.29, 1.82) is 0 Å². The third-order valence-corrected chi connectivity index (χ3v) is 5.17. The van der Waals surface area contributed by atoms with Crippen molar-refractivity contribution in [3.05, 3.63) is 16.1 Å². The number of aromatic nitrogens is 1. The molecule has 0 aromatic carbocycles. The number of ether oxygens (including phenoxy) is 1. The molecule has 1 aromatic heterocycles. The second-order valence-electron chi connectivity index (χ2n) is 7.73. The van der Waals surface area contributed by atoms with Crippen LogP contribution in [0.2, 0.25) is 0 Å². The van der Waals surface area contributed by atoms with Crippen molar-refractivity contribution < 1.29 is 9.53 Å². The molecule has 0 fully saturated rings. The van der Waals surface area contributed by atoms with Crippen LogP contribution in [0.25, 0.3) is 0 Å². The van der Waals surface area contributed by atoms with Crippen LogP contribution >= 0.6 is 11.3 Å². The third-order valence-electron chi connectivity index (χ3n) is 4.34. The quantitative estimate of drug-likeness (QED) is 0.543. The summed E-state index contributed by atoms with van der Waals surface area (Å²) in [6.07, 6.45) is 1.16. The summed E-state index contributed by atoms with van der Waals surface area (Å²) in [5, 5.41) is 9.55. The lowest BCUT2D eigenvalue weighted by molar-refractivity contribution is 0.0448. The van der Waals surface area contributed by atoms with Crippen molar-refractivity contribution in [3.63, 3.8) is 0 Å². The molecule has 1 amide bonds. The minimum absolute atomic E-state index is 0.394. The first kappa shape index (κ1) is 23.2. The zero-order valence-corrected chi connectivity index (χ0v) is 18.8. The molecule has 0 atom stereocenters.